The van der Waals surface area contributed by atoms with Crippen molar-refractivity contribution in [3.05, 3.63) is 28.5 Å². The first-order valence-electron chi connectivity index (χ1n) is 4.18. The third-order valence-electron chi connectivity index (χ3n) is 2.18. The van der Waals surface area contributed by atoms with Gasteiger partial charge in [0.25, 0.3) is 0 Å². The van der Waals surface area contributed by atoms with Crippen molar-refractivity contribution in [2.24, 2.45) is 9.98 Å². The predicted octanol–water partition coefficient (Wildman–Crippen LogP) is -0.249. The lowest BCUT2D eigenvalue weighted by molar-refractivity contribution is -0.109. The van der Waals surface area contributed by atoms with Gasteiger partial charge >= 0.3 is 0 Å². The number of fused-ring (bicyclic) bond motifs is 3. The highest BCUT2D eigenvalue weighted by Gasteiger charge is 2.11. The van der Waals surface area contributed by atoms with Crippen molar-refractivity contribution in [3.8, 4) is 0 Å². The number of rotatable bonds is 0. The van der Waals surface area contributed by atoms with Gasteiger partial charge in [0.05, 0.1) is 11.5 Å². The molecule has 2 aliphatic rings. The summed E-state index contributed by atoms with van der Waals surface area (Å²) in [5, 5.41) is 1.43. The molecule has 0 saturated heterocycles. The molecular weight excluding hydrogens is 178 g/mol. The Morgan fingerprint density at radius 1 is 1.21 bits per heavy atom. The van der Waals surface area contributed by atoms with Crippen molar-refractivity contribution in [2.75, 3.05) is 0 Å². The van der Waals surface area contributed by atoms with Crippen LogP contribution in [0.3, 0.4) is 0 Å². The summed E-state index contributed by atoms with van der Waals surface area (Å²) >= 11 is 0. The lowest BCUT2D eigenvalue weighted by Crippen LogP contribution is -2.20. The minimum absolute atomic E-state index is 0.0381. The van der Waals surface area contributed by atoms with Crippen molar-refractivity contribution in [2.45, 2.75) is 0 Å². The molecule has 4 nitrogen and oxygen atoms in total. The Morgan fingerprint density at radius 2 is 2.14 bits per heavy atom. The molecule has 0 unspecified atom stereocenters. The van der Waals surface area contributed by atoms with Crippen LogP contribution >= 0.6 is 0 Å². The molecule has 0 atom stereocenters. The lowest BCUT2D eigenvalue weighted by atomic mass is 10.1. The standard InChI is InChI=1S/C10H5N3O/c14-6-1-2-7-8(3-6)11-4-9-10(7)13-5-12-9/h1-5H. The summed E-state index contributed by atoms with van der Waals surface area (Å²) in [6.45, 7) is 0. The molecule has 1 aliphatic carbocycles. The van der Waals surface area contributed by atoms with Gasteiger partial charge in [-0.25, -0.2) is 9.98 Å². The molecule has 0 fully saturated rings. The highest BCUT2D eigenvalue weighted by Crippen LogP contribution is 2.14. The van der Waals surface area contributed by atoms with Crippen molar-refractivity contribution in [1.29, 1.82) is 0 Å². The fourth-order valence-corrected chi connectivity index (χ4v) is 1.53. The van der Waals surface area contributed by atoms with E-state index < -0.39 is 0 Å². The van der Waals surface area contributed by atoms with E-state index >= 15 is 0 Å². The number of aromatic nitrogens is 1. The Morgan fingerprint density at radius 3 is 3.07 bits per heavy atom. The Labute approximate surface area is 79.0 Å². The molecule has 0 N–H and O–H groups in total. The van der Waals surface area contributed by atoms with E-state index in [-0.39, 0.29) is 5.78 Å². The second kappa shape index (κ2) is 2.45. The highest BCUT2D eigenvalue weighted by molar-refractivity contribution is 6.17. The number of pyridine rings is 1. The monoisotopic (exact) mass is 183 g/mol. The van der Waals surface area contributed by atoms with Crippen LogP contribution in [0.1, 0.15) is 5.56 Å². The number of hydrogen-bond acceptors (Lipinski definition) is 4. The van der Waals surface area contributed by atoms with Gasteiger partial charge in [-0.2, -0.15) is 0 Å². The van der Waals surface area contributed by atoms with Gasteiger partial charge in [-0.1, -0.05) is 0 Å². The third-order valence-corrected chi connectivity index (χ3v) is 2.18. The molecule has 0 saturated carbocycles. The maximum absolute atomic E-state index is 11.1. The summed E-state index contributed by atoms with van der Waals surface area (Å²) in [4.78, 5) is 23.4. The number of aliphatic imine (C=N–C) groups is 1. The fourth-order valence-electron chi connectivity index (χ4n) is 1.53. The van der Waals surface area contributed by atoms with E-state index in [1.807, 2.05) is 0 Å². The molecule has 1 aromatic heterocycles. The third kappa shape index (κ3) is 0.877. The summed E-state index contributed by atoms with van der Waals surface area (Å²) in [6.07, 6.45) is 7.88. The summed E-state index contributed by atoms with van der Waals surface area (Å²) in [7, 11) is 0. The van der Waals surface area contributed by atoms with Crippen LogP contribution in [-0.2, 0) is 4.79 Å². The number of allylic oxidation sites excluding steroid dienone is 1. The van der Waals surface area contributed by atoms with Crippen molar-refractivity contribution < 1.29 is 4.79 Å². The van der Waals surface area contributed by atoms with Crippen LogP contribution in [-0.4, -0.2) is 17.1 Å². The molecular formula is C10H5N3O. The van der Waals surface area contributed by atoms with Gasteiger partial charge in [-0.05, 0) is 12.2 Å². The molecule has 0 bridgehead atoms. The lowest BCUT2D eigenvalue weighted by Gasteiger charge is -2.01. The molecule has 4 heteroatoms. The largest absolute Gasteiger partial charge is 0.290 e. The topological polar surface area (TPSA) is 54.7 Å². The first kappa shape index (κ1) is 7.32. The number of carbonyl (C=O) groups is 1. The maximum Gasteiger partial charge on any atom is 0.180 e. The molecule has 0 radical (unpaired) electrons. The number of nitrogens with zero attached hydrogens (tertiary/aromatic N) is 3. The summed E-state index contributed by atoms with van der Waals surface area (Å²) in [6, 6.07) is 0. The van der Waals surface area contributed by atoms with E-state index in [2.05, 4.69) is 15.0 Å². The van der Waals surface area contributed by atoms with Crippen LogP contribution in [0.4, 0.5) is 5.69 Å². The molecule has 2 heterocycles. The first-order valence-corrected chi connectivity index (χ1v) is 4.18. The van der Waals surface area contributed by atoms with Crippen LogP contribution in [0.5, 0.6) is 0 Å². The molecule has 0 amide bonds. The minimum atomic E-state index is -0.0381. The van der Waals surface area contributed by atoms with Crippen LogP contribution in [0.15, 0.2) is 22.3 Å². The molecule has 1 aliphatic heterocycles. The summed E-state index contributed by atoms with van der Waals surface area (Å²) in [5.74, 6) is -0.0381. The van der Waals surface area contributed by atoms with Gasteiger partial charge in [0.2, 0.25) is 0 Å². The van der Waals surface area contributed by atoms with Gasteiger partial charge in [0, 0.05) is 11.6 Å². The van der Waals surface area contributed by atoms with Gasteiger partial charge in [0.1, 0.15) is 17.4 Å². The fraction of sp³-hybridized carbons (Fsp3) is 0. The van der Waals surface area contributed by atoms with Crippen LogP contribution in [0, 0.1) is 0 Å². The summed E-state index contributed by atoms with van der Waals surface area (Å²) in [5.41, 5.74) is 1.68. The molecule has 66 valence electrons. The molecule has 0 aromatic carbocycles. The van der Waals surface area contributed by atoms with Crippen molar-refractivity contribution >= 4 is 30.0 Å². The van der Waals surface area contributed by atoms with Gasteiger partial charge in [0.15, 0.2) is 5.78 Å². The molecule has 3 rings (SSSR count). The SMILES string of the molecule is O=C1C=Cc2c3c(cnc2=C1)=NC=N3. The van der Waals surface area contributed by atoms with E-state index in [1.165, 1.54) is 18.5 Å². The highest BCUT2D eigenvalue weighted by atomic mass is 16.1. The number of ketones is 1. The molecule has 0 spiro atoms. The van der Waals surface area contributed by atoms with Crippen LogP contribution in [0.2, 0.25) is 0 Å². The molecule has 14 heavy (non-hydrogen) atoms. The zero-order valence-corrected chi connectivity index (χ0v) is 7.14. The van der Waals surface area contributed by atoms with E-state index in [1.54, 1.807) is 12.3 Å². The van der Waals surface area contributed by atoms with Crippen molar-refractivity contribution in [1.82, 2.24) is 4.98 Å². The maximum atomic E-state index is 11.1. The smallest absolute Gasteiger partial charge is 0.180 e. The quantitative estimate of drug-likeness (QED) is 0.557. The molecule has 1 aromatic rings. The second-order valence-electron chi connectivity index (χ2n) is 3.04. The summed E-state index contributed by atoms with van der Waals surface area (Å²) < 4.78 is 0. The Bertz CT molecular complexity index is 611. The zero-order valence-electron chi connectivity index (χ0n) is 7.14. The van der Waals surface area contributed by atoms with Crippen LogP contribution in [0.25, 0.3) is 12.2 Å². The number of carbonyl (C=O) groups excluding carboxylic acids is 1. The van der Waals surface area contributed by atoms with E-state index in [0.717, 1.165) is 16.6 Å². The van der Waals surface area contributed by atoms with Gasteiger partial charge < -0.3 is 0 Å². The first-order chi connectivity index (χ1) is 6.84. The zero-order chi connectivity index (χ0) is 9.54. The van der Waals surface area contributed by atoms with E-state index in [9.17, 15) is 4.79 Å². The van der Waals surface area contributed by atoms with Gasteiger partial charge in [-0.15, -0.1) is 0 Å². The van der Waals surface area contributed by atoms with Crippen LogP contribution < -0.4 is 10.7 Å². The average molecular weight is 183 g/mol. The Hall–Kier alpha value is -2.10. The normalized spacial score (nSPS) is 15.9. The Kier molecular flexibility index (Phi) is 1.28. The van der Waals surface area contributed by atoms with E-state index in [4.69, 9.17) is 0 Å². The second-order valence-corrected chi connectivity index (χ2v) is 3.04. The van der Waals surface area contributed by atoms with Gasteiger partial charge in [-0.3, -0.25) is 9.78 Å². The van der Waals surface area contributed by atoms with Crippen molar-refractivity contribution in [3.63, 3.8) is 0 Å². The number of hydrogen-bond donors (Lipinski definition) is 0. The predicted molar refractivity (Wildman–Crippen MR) is 51.7 cm³/mol. The average Bonchev–Trinajstić information content (AvgIpc) is 2.65. The van der Waals surface area contributed by atoms with E-state index in [0.29, 0.717) is 5.35 Å². The minimum Gasteiger partial charge on any atom is -0.290 e. The Balaban J connectivity index is 2.48.